The molecular formula is C19H24N4O3. The van der Waals surface area contributed by atoms with E-state index in [1.54, 1.807) is 12.3 Å². The van der Waals surface area contributed by atoms with Gasteiger partial charge in [0.2, 0.25) is 0 Å². The predicted octanol–water partition coefficient (Wildman–Crippen LogP) is 1.84. The highest BCUT2D eigenvalue weighted by Gasteiger charge is 2.09. The summed E-state index contributed by atoms with van der Waals surface area (Å²) in [6.45, 7) is 5.35. The first-order valence-corrected chi connectivity index (χ1v) is 8.77. The van der Waals surface area contributed by atoms with Crippen LogP contribution in [0.5, 0.6) is 5.75 Å². The Bertz CT molecular complexity index is 673. The molecule has 2 heterocycles. The number of hydrogen-bond acceptors (Lipinski definition) is 6. The monoisotopic (exact) mass is 356 g/mol. The lowest BCUT2D eigenvalue weighted by atomic mass is 10.3. The average Bonchev–Trinajstić information content (AvgIpc) is 2.69. The van der Waals surface area contributed by atoms with Crippen LogP contribution in [0.3, 0.4) is 0 Å². The van der Waals surface area contributed by atoms with E-state index in [2.05, 4.69) is 20.5 Å². The summed E-state index contributed by atoms with van der Waals surface area (Å²) < 4.78 is 10.7. The third-order valence-electron chi connectivity index (χ3n) is 4.00. The molecule has 0 unspecified atom stereocenters. The summed E-state index contributed by atoms with van der Waals surface area (Å²) in [5.41, 5.74) is 0.928. The Morgan fingerprint density at radius 1 is 1.15 bits per heavy atom. The van der Waals surface area contributed by atoms with E-state index in [-0.39, 0.29) is 12.5 Å². The molecule has 0 saturated carbocycles. The van der Waals surface area contributed by atoms with Crippen molar-refractivity contribution in [3.05, 3.63) is 48.7 Å². The summed E-state index contributed by atoms with van der Waals surface area (Å²) in [6, 6.07) is 12.9. The van der Waals surface area contributed by atoms with Crippen molar-refractivity contribution in [2.24, 2.45) is 0 Å². The number of para-hydroxylation sites is 1. The van der Waals surface area contributed by atoms with Crippen molar-refractivity contribution in [3.8, 4) is 5.75 Å². The normalized spacial score (nSPS) is 14.6. The van der Waals surface area contributed by atoms with Crippen LogP contribution in [0.4, 0.5) is 11.5 Å². The third kappa shape index (κ3) is 6.02. The lowest BCUT2D eigenvalue weighted by molar-refractivity contribution is -0.118. The number of anilines is 2. The van der Waals surface area contributed by atoms with Gasteiger partial charge >= 0.3 is 0 Å². The van der Waals surface area contributed by atoms with E-state index in [1.807, 2.05) is 36.4 Å². The molecule has 0 aliphatic carbocycles. The van der Waals surface area contributed by atoms with Crippen LogP contribution in [0.2, 0.25) is 0 Å². The molecule has 138 valence electrons. The van der Waals surface area contributed by atoms with Crippen molar-refractivity contribution in [2.75, 3.05) is 56.6 Å². The van der Waals surface area contributed by atoms with Gasteiger partial charge in [-0.05, 0) is 24.3 Å². The number of hydrogen-bond donors (Lipinski definition) is 2. The van der Waals surface area contributed by atoms with Gasteiger partial charge in [0.1, 0.15) is 11.6 Å². The maximum absolute atomic E-state index is 11.9. The lowest BCUT2D eigenvalue weighted by Crippen LogP contribution is -2.39. The Kier molecular flexibility index (Phi) is 6.80. The summed E-state index contributed by atoms with van der Waals surface area (Å²) in [7, 11) is 0. The van der Waals surface area contributed by atoms with E-state index in [0.717, 1.165) is 45.1 Å². The van der Waals surface area contributed by atoms with Crippen molar-refractivity contribution in [1.82, 2.24) is 9.88 Å². The fraction of sp³-hybridized carbons (Fsp3) is 0.368. The fourth-order valence-corrected chi connectivity index (χ4v) is 2.60. The molecule has 2 aromatic rings. The average molecular weight is 356 g/mol. The van der Waals surface area contributed by atoms with E-state index in [9.17, 15) is 4.79 Å². The van der Waals surface area contributed by atoms with Gasteiger partial charge in [-0.15, -0.1) is 0 Å². The Hall–Kier alpha value is -2.64. The molecule has 1 aliphatic heterocycles. The quantitative estimate of drug-likeness (QED) is 0.752. The topological polar surface area (TPSA) is 75.7 Å². The molecule has 0 spiro atoms. The van der Waals surface area contributed by atoms with E-state index in [1.165, 1.54) is 0 Å². The van der Waals surface area contributed by atoms with Crippen LogP contribution in [0, 0.1) is 0 Å². The number of nitrogens with one attached hydrogen (secondary N) is 2. The number of aromatic nitrogens is 1. The molecule has 2 N–H and O–H groups in total. The second kappa shape index (κ2) is 9.74. The van der Waals surface area contributed by atoms with Crippen molar-refractivity contribution in [1.29, 1.82) is 0 Å². The molecule has 26 heavy (non-hydrogen) atoms. The van der Waals surface area contributed by atoms with Crippen LogP contribution < -0.4 is 15.4 Å². The van der Waals surface area contributed by atoms with E-state index in [4.69, 9.17) is 9.47 Å². The highest BCUT2D eigenvalue weighted by Crippen LogP contribution is 2.11. The second-order valence-electron chi connectivity index (χ2n) is 5.96. The second-order valence-corrected chi connectivity index (χ2v) is 5.96. The summed E-state index contributed by atoms with van der Waals surface area (Å²) >= 11 is 0. The molecule has 1 aromatic heterocycles. The van der Waals surface area contributed by atoms with Gasteiger partial charge in [-0.2, -0.15) is 0 Å². The first-order valence-electron chi connectivity index (χ1n) is 8.77. The maximum Gasteiger partial charge on any atom is 0.263 e. The predicted molar refractivity (Wildman–Crippen MR) is 101 cm³/mol. The number of morpholine rings is 1. The van der Waals surface area contributed by atoms with Crippen LogP contribution in [-0.2, 0) is 9.53 Å². The summed E-state index contributed by atoms with van der Waals surface area (Å²) in [5.74, 6) is 0.926. The molecule has 1 amide bonds. The zero-order valence-corrected chi connectivity index (χ0v) is 14.7. The van der Waals surface area contributed by atoms with Gasteiger partial charge in [0.15, 0.2) is 6.61 Å². The molecule has 7 heteroatoms. The van der Waals surface area contributed by atoms with Gasteiger partial charge in [0.05, 0.1) is 25.1 Å². The van der Waals surface area contributed by atoms with Crippen molar-refractivity contribution in [2.45, 2.75) is 0 Å². The molecule has 1 aliphatic rings. The zero-order valence-electron chi connectivity index (χ0n) is 14.7. The van der Waals surface area contributed by atoms with Crippen molar-refractivity contribution >= 4 is 17.4 Å². The van der Waals surface area contributed by atoms with E-state index < -0.39 is 0 Å². The lowest BCUT2D eigenvalue weighted by Gasteiger charge is -2.26. The van der Waals surface area contributed by atoms with Crippen LogP contribution >= 0.6 is 0 Å². The van der Waals surface area contributed by atoms with E-state index >= 15 is 0 Å². The molecule has 1 aromatic carbocycles. The number of pyridine rings is 1. The Morgan fingerprint density at radius 3 is 2.69 bits per heavy atom. The van der Waals surface area contributed by atoms with Crippen LogP contribution in [0.25, 0.3) is 0 Å². The van der Waals surface area contributed by atoms with Gasteiger partial charge in [-0.3, -0.25) is 9.69 Å². The minimum Gasteiger partial charge on any atom is -0.484 e. The Morgan fingerprint density at radius 2 is 1.96 bits per heavy atom. The maximum atomic E-state index is 11.9. The molecule has 0 atom stereocenters. The summed E-state index contributed by atoms with van der Waals surface area (Å²) in [4.78, 5) is 18.5. The highest BCUT2D eigenvalue weighted by molar-refractivity contribution is 5.91. The number of carbonyl (C=O) groups is 1. The van der Waals surface area contributed by atoms with Gasteiger partial charge in [0.25, 0.3) is 5.91 Å². The number of rotatable bonds is 8. The van der Waals surface area contributed by atoms with Gasteiger partial charge in [-0.25, -0.2) is 4.98 Å². The van der Waals surface area contributed by atoms with Crippen LogP contribution in [0.15, 0.2) is 48.7 Å². The van der Waals surface area contributed by atoms with Crippen molar-refractivity contribution < 1.29 is 14.3 Å². The van der Waals surface area contributed by atoms with Crippen LogP contribution in [0.1, 0.15) is 0 Å². The van der Waals surface area contributed by atoms with Gasteiger partial charge in [-0.1, -0.05) is 18.2 Å². The molecule has 7 nitrogen and oxygen atoms in total. The zero-order chi connectivity index (χ0) is 18.0. The first kappa shape index (κ1) is 18.2. The number of amides is 1. The van der Waals surface area contributed by atoms with Gasteiger partial charge < -0.3 is 20.1 Å². The largest absolute Gasteiger partial charge is 0.484 e. The molecule has 1 saturated heterocycles. The first-order chi connectivity index (χ1) is 12.8. The third-order valence-corrected chi connectivity index (χ3v) is 4.00. The van der Waals surface area contributed by atoms with E-state index in [0.29, 0.717) is 11.6 Å². The smallest absolute Gasteiger partial charge is 0.263 e. The Balaban J connectivity index is 1.37. The number of ether oxygens (including phenoxy) is 2. The molecule has 0 radical (unpaired) electrons. The summed E-state index contributed by atoms with van der Waals surface area (Å²) in [6.07, 6.45) is 1.72. The number of nitrogens with zero attached hydrogens (tertiary/aromatic N) is 2. The molecule has 0 bridgehead atoms. The van der Waals surface area contributed by atoms with Crippen molar-refractivity contribution in [3.63, 3.8) is 0 Å². The number of carbonyl (C=O) groups excluding carboxylic acids is 1. The molecule has 3 rings (SSSR count). The Labute approximate surface area is 153 Å². The van der Waals surface area contributed by atoms with Crippen LogP contribution in [-0.4, -0.2) is 61.8 Å². The summed E-state index contributed by atoms with van der Waals surface area (Å²) in [5, 5.41) is 6.06. The SMILES string of the molecule is O=C(COc1ccccc1)Nc1ccc(NCCN2CCOCC2)cn1. The highest BCUT2D eigenvalue weighted by atomic mass is 16.5. The molecule has 1 fully saturated rings. The minimum absolute atomic E-state index is 0.0504. The van der Waals surface area contributed by atoms with Gasteiger partial charge in [0, 0.05) is 26.2 Å². The standard InChI is InChI=1S/C19H24N4O3/c24-19(15-26-17-4-2-1-3-5-17)22-18-7-6-16(14-21-18)20-8-9-23-10-12-25-13-11-23/h1-7,14,20H,8-13,15H2,(H,21,22,24). The molecular weight excluding hydrogens is 332 g/mol. The number of benzene rings is 1. The fourth-order valence-electron chi connectivity index (χ4n) is 2.60. The minimum atomic E-state index is -0.241.